The molecule has 43 heavy (non-hydrogen) atoms. The average molecular weight is 607 g/mol. The number of primary amides is 1. The van der Waals surface area contributed by atoms with Gasteiger partial charge in [0.05, 0.1) is 12.5 Å². The molecule has 0 aromatic carbocycles. The lowest BCUT2D eigenvalue weighted by molar-refractivity contribution is -0.165. The number of amides is 4. The van der Waals surface area contributed by atoms with Gasteiger partial charge in [-0.15, -0.1) is 0 Å². The number of rotatable bonds is 15. The molecule has 11 nitrogen and oxygen atoms in total. The van der Waals surface area contributed by atoms with E-state index in [-0.39, 0.29) is 11.6 Å². The first kappa shape index (κ1) is 37.8. The van der Waals surface area contributed by atoms with E-state index in [1.807, 2.05) is 6.92 Å². The van der Waals surface area contributed by atoms with E-state index >= 15 is 0 Å². The lowest BCUT2D eigenvalue weighted by Crippen LogP contribution is -2.57. The van der Waals surface area contributed by atoms with Crippen molar-refractivity contribution in [1.29, 1.82) is 0 Å². The fraction of sp³-hybridized carbons (Fsp3) is 0.719. The van der Waals surface area contributed by atoms with Gasteiger partial charge < -0.3 is 31.1 Å². The number of esters is 1. The van der Waals surface area contributed by atoms with Crippen molar-refractivity contribution in [3.63, 3.8) is 0 Å². The minimum absolute atomic E-state index is 0.151. The van der Waals surface area contributed by atoms with Crippen LogP contribution in [-0.4, -0.2) is 71.4 Å². The van der Waals surface area contributed by atoms with E-state index in [4.69, 9.17) is 10.5 Å². The Kier molecular flexibility index (Phi) is 17.5. The second-order valence-electron chi connectivity index (χ2n) is 12.3. The molecule has 0 aliphatic carbocycles. The van der Waals surface area contributed by atoms with E-state index in [0.29, 0.717) is 6.42 Å². The standard InChI is InChI=1S/C32H54N4O7/c1-21(2)16-14-12-10-8-7-9-11-13-15-17-22(3)29-24(5)31(41)34-23(4)18-19-26(38)36(6)20-25(37)35-27(32(42)43-29)28(39)30(33)40/h18-19,21-22,24,27-29,39H,4,7-17,20H2,1-3,5-6H3,(H2,33,40)(H,34,41)(H,35,37)/b19-18+/t22-,24+,27?,28-,29?/m1/s1. The van der Waals surface area contributed by atoms with Crippen LogP contribution < -0.4 is 16.4 Å². The number of allylic oxidation sites excluding steroid dienone is 1. The Hall–Kier alpha value is -3.21. The molecule has 0 saturated heterocycles. The Morgan fingerprint density at radius 3 is 2.07 bits per heavy atom. The number of carbonyl (C=O) groups excluding carboxylic acids is 5. The molecule has 0 radical (unpaired) electrons. The third-order valence-electron chi connectivity index (χ3n) is 7.81. The Morgan fingerprint density at radius 1 is 1.00 bits per heavy atom. The maximum atomic E-state index is 13.2. The molecule has 11 heteroatoms. The van der Waals surface area contributed by atoms with Crippen molar-refractivity contribution in [2.45, 2.75) is 117 Å². The summed E-state index contributed by atoms with van der Waals surface area (Å²) in [5.41, 5.74) is 5.38. The molecule has 4 amide bonds. The number of hydrogen-bond donors (Lipinski definition) is 4. The summed E-state index contributed by atoms with van der Waals surface area (Å²) < 4.78 is 5.73. The van der Waals surface area contributed by atoms with E-state index in [1.54, 1.807) is 6.92 Å². The van der Waals surface area contributed by atoms with Crippen LogP contribution in [0, 0.1) is 17.8 Å². The van der Waals surface area contributed by atoms with E-state index < -0.39 is 60.3 Å². The van der Waals surface area contributed by atoms with Gasteiger partial charge in [0, 0.05) is 18.8 Å². The summed E-state index contributed by atoms with van der Waals surface area (Å²) in [6.07, 6.45) is 11.9. The molecule has 0 aromatic rings. The van der Waals surface area contributed by atoms with E-state index in [1.165, 1.54) is 51.6 Å². The molecule has 0 aromatic heterocycles. The lowest BCUT2D eigenvalue weighted by Gasteiger charge is -2.31. The molecule has 0 saturated carbocycles. The lowest BCUT2D eigenvalue weighted by atomic mass is 9.88. The molecule has 1 rings (SSSR count). The van der Waals surface area contributed by atoms with Gasteiger partial charge >= 0.3 is 5.97 Å². The first-order valence-corrected chi connectivity index (χ1v) is 15.6. The second kappa shape index (κ2) is 19.9. The summed E-state index contributed by atoms with van der Waals surface area (Å²) in [6.45, 7) is 11.3. The maximum absolute atomic E-state index is 13.2. The van der Waals surface area contributed by atoms with Crippen LogP contribution in [0.1, 0.15) is 98.3 Å². The molecule has 1 aliphatic heterocycles. The summed E-state index contributed by atoms with van der Waals surface area (Å²) in [6, 6.07) is -1.82. The van der Waals surface area contributed by atoms with Gasteiger partial charge in [-0.25, -0.2) is 4.79 Å². The van der Waals surface area contributed by atoms with Gasteiger partial charge in [-0.3, -0.25) is 19.2 Å². The summed E-state index contributed by atoms with van der Waals surface area (Å²) in [5, 5.41) is 15.2. The number of unbranched alkanes of at least 4 members (excludes halogenated alkanes) is 8. The van der Waals surface area contributed by atoms with Crippen molar-refractivity contribution >= 4 is 29.6 Å². The Morgan fingerprint density at radius 2 is 1.53 bits per heavy atom. The van der Waals surface area contributed by atoms with Crippen LogP contribution in [0.2, 0.25) is 0 Å². The van der Waals surface area contributed by atoms with E-state index in [9.17, 15) is 29.1 Å². The monoisotopic (exact) mass is 606 g/mol. The third kappa shape index (κ3) is 14.7. The summed E-state index contributed by atoms with van der Waals surface area (Å²) in [7, 11) is 1.35. The molecule has 0 spiro atoms. The van der Waals surface area contributed by atoms with Gasteiger partial charge in [0.1, 0.15) is 6.10 Å². The molecule has 1 aliphatic rings. The normalized spacial score (nSPS) is 23.1. The Bertz CT molecular complexity index is 981. The zero-order chi connectivity index (χ0) is 32.5. The van der Waals surface area contributed by atoms with Gasteiger partial charge in [0.15, 0.2) is 12.1 Å². The second-order valence-corrected chi connectivity index (χ2v) is 12.3. The number of ether oxygens (including phenoxy) is 1. The molecular weight excluding hydrogens is 552 g/mol. The minimum Gasteiger partial charge on any atom is -0.460 e. The summed E-state index contributed by atoms with van der Waals surface area (Å²) in [4.78, 5) is 64.1. The van der Waals surface area contributed by atoms with Gasteiger partial charge in [-0.2, -0.15) is 0 Å². The Balaban J connectivity index is 2.91. The number of aliphatic hydroxyl groups is 1. The highest BCUT2D eigenvalue weighted by molar-refractivity contribution is 5.95. The topological polar surface area (TPSA) is 168 Å². The van der Waals surface area contributed by atoms with Crippen LogP contribution >= 0.6 is 0 Å². The molecule has 5 atom stereocenters. The third-order valence-corrected chi connectivity index (χ3v) is 7.81. The van der Waals surface area contributed by atoms with E-state index in [0.717, 1.165) is 42.6 Å². The average Bonchev–Trinajstić information content (AvgIpc) is 2.94. The van der Waals surface area contributed by atoms with Crippen LogP contribution in [-0.2, 0) is 28.7 Å². The zero-order valence-corrected chi connectivity index (χ0v) is 26.7. The summed E-state index contributed by atoms with van der Waals surface area (Å²) in [5.74, 6) is -4.58. The highest BCUT2D eigenvalue weighted by Crippen LogP contribution is 2.25. The number of aliphatic hydroxyl groups excluding tert-OH is 1. The van der Waals surface area contributed by atoms with Gasteiger partial charge in [-0.05, 0) is 24.3 Å². The molecular formula is C32H54N4O7. The van der Waals surface area contributed by atoms with E-state index in [2.05, 4.69) is 31.1 Å². The van der Waals surface area contributed by atoms with Crippen molar-refractivity contribution in [2.24, 2.45) is 23.5 Å². The molecule has 244 valence electrons. The highest BCUT2D eigenvalue weighted by atomic mass is 16.5. The fourth-order valence-corrected chi connectivity index (χ4v) is 5.04. The van der Waals surface area contributed by atoms with Crippen LogP contribution in [0.3, 0.4) is 0 Å². The van der Waals surface area contributed by atoms with Crippen molar-refractivity contribution in [3.8, 4) is 0 Å². The number of nitrogens with one attached hydrogen (secondary N) is 2. The number of nitrogens with two attached hydrogens (primary N) is 1. The maximum Gasteiger partial charge on any atom is 0.332 e. The number of carbonyl (C=O) groups is 5. The summed E-state index contributed by atoms with van der Waals surface area (Å²) >= 11 is 0. The fourth-order valence-electron chi connectivity index (χ4n) is 5.04. The molecule has 0 fully saturated rings. The van der Waals surface area contributed by atoms with Crippen molar-refractivity contribution in [1.82, 2.24) is 15.5 Å². The molecule has 1 heterocycles. The van der Waals surface area contributed by atoms with Crippen LogP contribution in [0.15, 0.2) is 24.4 Å². The van der Waals surface area contributed by atoms with Crippen LogP contribution in [0.5, 0.6) is 0 Å². The van der Waals surface area contributed by atoms with Crippen molar-refractivity contribution in [2.75, 3.05) is 13.6 Å². The SMILES string of the molecule is C=C1/C=C/C(=O)N(C)CC(=O)NC([C@@H](O)C(N)=O)C(=O)OC([C@H](C)CCCCCCCCCCCC(C)C)[C@H](C)C(=O)N1. The number of nitrogens with zero attached hydrogens (tertiary/aromatic N) is 1. The molecule has 5 N–H and O–H groups in total. The quantitative estimate of drug-likeness (QED) is 0.164. The van der Waals surface area contributed by atoms with Crippen molar-refractivity contribution < 1.29 is 33.8 Å². The largest absolute Gasteiger partial charge is 0.460 e. The number of likely N-dealkylation sites (N-methyl/N-ethyl adjacent to an activating group) is 1. The molecule has 0 bridgehead atoms. The molecule has 2 unspecified atom stereocenters. The van der Waals surface area contributed by atoms with Crippen LogP contribution in [0.4, 0.5) is 0 Å². The zero-order valence-electron chi connectivity index (χ0n) is 26.7. The predicted octanol–water partition coefficient (Wildman–Crippen LogP) is 3.11. The first-order valence-electron chi connectivity index (χ1n) is 15.6. The van der Waals surface area contributed by atoms with Gasteiger partial charge in [-0.1, -0.05) is 98.5 Å². The van der Waals surface area contributed by atoms with Gasteiger partial charge in [0.25, 0.3) is 0 Å². The Labute approximate surface area is 257 Å². The smallest absolute Gasteiger partial charge is 0.332 e. The predicted molar refractivity (Wildman–Crippen MR) is 165 cm³/mol. The first-order chi connectivity index (χ1) is 20.2. The highest BCUT2D eigenvalue weighted by Gasteiger charge is 2.39. The van der Waals surface area contributed by atoms with Gasteiger partial charge in [0.2, 0.25) is 23.6 Å². The van der Waals surface area contributed by atoms with Crippen molar-refractivity contribution in [3.05, 3.63) is 24.4 Å². The van der Waals surface area contributed by atoms with Crippen LogP contribution in [0.25, 0.3) is 0 Å². The number of cyclic esters (lactones) is 1. The minimum atomic E-state index is -2.08. The number of hydrogen-bond acceptors (Lipinski definition) is 7.